The summed E-state index contributed by atoms with van der Waals surface area (Å²) in [5, 5.41) is 74.3. The highest BCUT2D eigenvalue weighted by molar-refractivity contribution is 5.75. The fourth-order valence-corrected chi connectivity index (χ4v) is 6.59. The van der Waals surface area contributed by atoms with E-state index < -0.39 is 74.0 Å². The standard InChI is InChI=1S/C40H65NO14/c1-26(16-14-12-10-8-6-4-3-5-7-9-11-13-15-17-32(45)41-23-22-28-18-20-29(44)21-19-28)52-40-38(36(49)34(47)31(54-40)25-51-27(2)43)55-39-37(50)35(48)33(46)30(24-42)53-39/h3-4,18-21,26,30-31,33-40,42,44,46-50H,5-17,22-25H2,1-2H3,(H,41,45)/b4-3+/t26?,30-,31-,33-,34-,35+,36+,37-,38-,39+,40-/m1/s1. The van der Waals surface area contributed by atoms with E-state index in [2.05, 4.69) is 17.5 Å². The highest BCUT2D eigenvalue weighted by Gasteiger charge is 2.51. The number of phenolic OH excluding ortho intramolecular Hbond substituents is 1. The van der Waals surface area contributed by atoms with Gasteiger partial charge in [0.2, 0.25) is 5.91 Å². The van der Waals surface area contributed by atoms with Crippen LogP contribution in [0.15, 0.2) is 36.4 Å². The zero-order chi connectivity index (χ0) is 40.2. The Hall–Kier alpha value is -2.70. The van der Waals surface area contributed by atoms with Crippen molar-refractivity contribution in [3.63, 3.8) is 0 Å². The lowest BCUT2D eigenvalue weighted by Gasteiger charge is -2.46. The van der Waals surface area contributed by atoms with Crippen LogP contribution in [0.1, 0.15) is 103 Å². The number of carbonyl (C=O) groups is 2. The number of aliphatic hydroxyl groups is 6. The molecule has 0 radical (unpaired) electrons. The number of esters is 1. The predicted molar refractivity (Wildman–Crippen MR) is 200 cm³/mol. The van der Waals surface area contributed by atoms with Gasteiger partial charge in [0.1, 0.15) is 61.2 Å². The Morgan fingerprint density at radius 1 is 0.782 bits per heavy atom. The van der Waals surface area contributed by atoms with Crippen molar-refractivity contribution in [3.05, 3.63) is 42.0 Å². The summed E-state index contributed by atoms with van der Waals surface area (Å²) in [7, 11) is 0. The van der Waals surface area contributed by atoms with Crippen molar-refractivity contribution in [2.75, 3.05) is 19.8 Å². The van der Waals surface area contributed by atoms with Crippen LogP contribution in [0, 0.1) is 0 Å². The number of ether oxygens (including phenoxy) is 5. The molecule has 0 aromatic heterocycles. The monoisotopic (exact) mass is 783 g/mol. The molecule has 8 N–H and O–H groups in total. The molecule has 1 amide bonds. The van der Waals surface area contributed by atoms with Gasteiger partial charge in [0.15, 0.2) is 12.6 Å². The molecule has 55 heavy (non-hydrogen) atoms. The quantitative estimate of drug-likeness (QED) is 0.0404. The third-order valence-electron chi connectivity index (χ3n) is 9.95. The summed E-state index contributed by atoms with van der Waals surface area (Å²) < 4.78 is 28.2. The Balaban J connectivity index is 1.27. The molecule has 0 aliphatic carbocycles. The smallest absolute Gasteiger partial charge is 0.302 e. The van der Waals surface area contributed by atoms with Crippen LogP contribution in [0.4, 0.5) is 0 Å². The molecule has 2 aliphatic rings. The molecule has 2 aliphatic heterocycles. The van der Waals surface area contributed by atoms with Gasteiger partial charge in [0, 0.05) is 19.9 Å². The van der Waals surface area contributed by atoms with E-state index >= 15 is 0 Å². The fraction of sp³-hybridized carbons (Fsp3) is 0.750. The molecule has 15 nitrogen and oxygen atoms in total. The van der Waals surface area contributed by atoms with Gasteiger partial charge in [-0.05, 0) is 69.6 Å². The minimum absolute atomic E-state index is 0.0874. The Labute approximate surface area is 324 Å². The molecule has 0 saturated carbocycles. The minimum Gasteiger partial charge on any atom is -0.508 e. The molecule has 1 aromatic carbocycles. The van der Waals surface area contributed by atoms with Crippen molar-refractivity contribution < 1.29 is 69.0 Å². The molecule has 3 rings (SSSR count). The van der Waals surface area contributed by atoms with Crippen molar-refractivity contribution in [2.45, 2.75) is 171 Å². The molecule has 2 heterocycles. The number of benzene rings is 1. The lowest BCUT2D eigenvalue weighted by molar-refractivity contribution is -0.371. The van der Waals surface area contributed by atoms with Crippen LogP contribution in [0.25, 0.3) is 0 Å². The number of amides is 1. The van der Waals surface area contributed by atoms with Crippen LogP contribution in [0.5, 0.6) is 5.75 Å². The van der Waals surface area contributed by atoms with Crippen molar-refractivity contribution >= 4 is 11.9 Å². The third kappa shape index (κ3) is 16.7. The molecule has 314 valence electrons. The maximum Gasteiger partial charge on any atom is 0.302 e. The number of carbonyl (C=O) groups excluding carboxylic acids is 2. The van der Waals surface area contributed by atoms with Crippen molar-refractivity contribution in [2.24, 2.45) is 0 Å². The van der Waals surface area contributed by atoms with Crippen molar-refractivity contribution in [1.82, 2.24) is 5.32 Å². The number of allylic oxidation sites excluding steroid dienone is 2. The predicted octanol–water partition coefficient (Wildman–Crippen LogP) is 2.28. The van der Waals surface area contributed by atoms with E-state index in [4.69, 9.17) is 23.7 Å². The van der Waals surface area contributed by atoms with E-state index in [1.165, 1.54) is 6.92 Å². The first-order chi connectivity index (χ1) is 26.4. The molecule has 0 bridgehead atoms. The first-order valence-electron chi connectivity index (χ1n) is 19.9. The van der Waals surface area contributed by atoms with Gasteiger partial charge in [-0.3, -0.25) is 9.59 Å². The second-order valence-corrected chi connectivity index (χ2v) is 14.6. The molecular weight excluding hydrogens is 718 g/mol. The summed E-state index contributed by atoms with van der Waals surface area (Å²) in [5.74, 6) is -0.276. The van der Waals surface area contributed by atoms with Crippen molar-refractivity contribution in [3.8, 4) is 5.75 Å². The summed E-state index contributed by atoms with van der Waals surface area (Å²) in [4.78, 5) is 23.4. The van der Waals surface area contributed by atoms with E-state index in [1.54, 1.807) is 12.1 Å². The van der Waals surface area contributed by atoms with E-state index in [0.717, 1.165) is 82.6 Å². The van der Waals surface area contributed by atoms with Crippen LogP contribution < -0.4 is 5.32 Å². The van der Waals surface area contributed by atoms with Gasteiger partial charge in [-0.2, -0.15) is 0 Å². The second-order valence-electron chi connectivity index (χ2n) is 14.6. The van der Waals surface area contributed by atoms with Gasteiger partial charge < -0.3 is 64.7 Å². The van der Waals surface area contributed by atoms with E-state index in [-0.39, 0.29) is 24.4 Å². The lowest BCUT2D eigenvalue weighted by atomic mass is 9.97. The second kappa shape index (κ2) is 25.5. The minimum atomic E-state index is -1.74. The number of hydrogen-bond acceptors (Lipinski definition) is 14. The average Bonchev–Trinajstić information content (AvgIpc) is 3.16. The molecule has 11 atom stereocenters. The maximum atomic E-state index is 12.1. The molecular formula is C40H65NO14. The number of phenols is 1. The van der Waals surface area contributed by atoms with Crippen LogP contribution in [0.2, 0.25) is 0 Å². The highest BCUT2D eigenvalue weighted by atomic mass is 16.8. The third-order valence-corrected chi connectivity index (χ3v) is 9.95. The van der Waals surface area contributed by atoms with Crippen LogP contribution in [-0.4, -0.2) is 135 Å². The number of nitrogens with one attached hydrogen (secondary N) is 1. The van der Waals surface area contributed by atoms with Gasteiger partial charge in [0.05, 0.1) is 12.7 Å². The summed E-state index contributed by atoms with van der Waals surface area (Å²) in [6.45, 7) is 2.60. The van der Waals surface area contributed by atoms with E-state index in [1.807, 2.05) is 19.1 Å². The van der Waals surface area contributed by atoms with Crippen LogP contribution >= 0.6 is 0 Å². The Morgan fingerprint density at radius 3 is 2.04 bits per heavy atom. The van der Waals surface area contributed by atoms with E-state index in [0.29, 0.717) is 19.4 Å². The summed E-state index contributed by atoms with van der Waals surface area (Å²) in [6, 6.07) is 7.02. The maximum absolute atomic E-state index is 12.1. The van der Waals surface area contributed by atoms with Gasteiger partial charge in [-0.1, -0.05) is 62.8 Å². The molecule has 0 spiro atoms. The summed E-state index contributed by atoms with van der Waals surface area (Å²) in [5.41, 5.74) is 1.08. The number of unbranched alkanes of at least 4 members (excludes halogenated alkanes) is 9. The zero-order valence-electron chi connectivity index (χ0n) is 32.3. The zero-order valence-corrected chi connectivity index (χ0v) is 32.3. The number of rotatable bonds is 25. The molecule has 1 unspecified atom stereocenters. The van der Waals surface area contributed by atoms with E-state index in [9.17, 15) is 45.3 Å². The largest absolute Gasteiger partial charge is 0.508 e. The molecule has 2 fully saturated rings. The number of aromatic hydroxyl groups is 1. The Bertz CT molecular complexity index is 1250. The lowest BCUT2D eigenvalue weighted by Crippen LogP contribution is -2.65. The molecule has 2 saturated heterocycles. The normalized spacial score (nSPS) is 28.9. The first-order valence-corrected chi connectivity index (χ1v) is 19.9. The first kappa shape index (κ1) is 46.7. The highest BCUT2D eigenvalue weighted by Crippen LogP contribution is 2.31. The van der Waals surface area contributed by atoms with Crippen LogP contribution in [0.3, 0.4) is 0 Å². The SMILES string of the molecule is CC(=O)OC[C@H]1O[C@@H](OC(C)CCCCCC/C=C/CCCCCCCC(=O)NCCc2ccc(O)cc2)[C@H](O[C@@H]2O[C@H](CO)[C@@H](O)[C@H](O)[C@H]2O)[C@@H](O)[C@@H]1O. The number of aliphatic hydroxyl groups excluding tert-OH is 6. The molecule has 1 aromatic rings. The van der Waals surface area contributed by atoms with Gasteiger partial charge in [-0.25, -0.2) is 0 Å². The van der Waals surface area contributed by atoms with Crippen LogP contribution in [-0.2, 0) is 39.7 Å². The Kier molecular flexibility index (Phi) is 21.7. The fourth-order valence-electron chi connectivity index (χ4n) is 6.59. The topological polar surface area (TPSA) is 234 Å². The summed E-state index contributed by atoms with van der Waals surface area (Å²) in [6.07, 6.45) is 2.44. The van der Waals surface area contributed by atoms with Gasteiger partial charge in [-0.15, -0.1) is 0 Å². The summed E-state index contributed by atoms with van der Waals surface area (Å²) >= 11 is 0. The Morgan fingerprint density at radius 2 is 1.38 bits per heavy atom. The number of hydrogen-bond donors (Lipinski definition) is 8. The molecule has 15 heteroatoms. The average molecular weight is 784 g/mol. The van der Waals surface area contributed by atoms with Gasteiger partial charge >= 0.3 is 5.97 Å². The van der Waals surface area contributed by atoms with Crippen molar-refractivity contribution in [1.29, 1.82) is 0 Å². The van der Waals surface area contributed by atoms with Gasteiger partial charge in [0.25, 0.3) is 0 Å².